The van der Waals surface area contributed by atoms with Gasteiger partial charge in [-0.05, 0) is 0 Å². The molecule has 1 saturated heterocycles. The van der Waals surface area contributed by atoms with Crippen LogP contribution in [0.25, 0.3) is 0 Å². The van der Waals surface area contributed by atoms with E-state index in [9.17, 15) is 19.2 Å². The van der Waals surface area contributed by atoms with E-state index in [4.69, 9.17) is 5.11 Å². The van der Waals surface area contributed by atoms with E-state index in [2.05, 4.69) is 10.1 Å². The van der Waals surface area contributed by atoms with Gasteiger partial charge >= 0.3 is 12.1 Å². The Kier molecular flexibility index (Phi) is 4.60. The standard InChI is InChI=1S/C9H13N3O6/c1-18-9(17)11-7(14)4-12-3-6(13)10-2-5(12)8(15)16/h5H,2-4H2,1H3,(H,10,13)(H,15,16)(H,11,14,17). The highest BCUT2D eigenvalue weighted by Gasteiger charge is 2.33. The summed E-state index contributed by atoms with van der Waals surface area (Å²) in [6.45, 7) is -0.676. The molecule has 0 bridgehead atoms. The van der Waals surface area contributed by atoms with Gasteiger partial charge < -0.3 is 15.2 Å². The highest BCUT2D eigenvalue weighted by Crippen LogP contribution is 2.03. The first-order chi connectivity index (χ1) is 8.43. The van der Waals surface area contributed by atoms with Crippen molar-refractivity contribution < 1.29 is 29.0 Å². The molecule has 1 fully saturated rings. The smallest absolute Gasteiger partial charge is 0.413 e. The third-order valence-electron chi connectivity index (χ3n) is 2.34. The summed E-state index contributed by atoms with van der Waals surface area (Å²) in [4.78, 5) is 45.4. The quantitative estimate of drug-likeness (QED) is 0.523. The molecule has 1 atom stereocenters. The van der Waals surface area contributed by atoms with Crippen LogP contribution in [0.1, 0.15) is 0 Å². The molecule has 0 aromatic rings. The van der Waals surface area contributed by atoms with Gasteiger partial charge in [-0.3, -0.25) is 24.6 Å². The highest BCUT2D eigenvalue weighted by atomic mass is 16.5. The van der Waals surface area contributed by atoms with Gasteiger partial charge in [0.15, 0.2) is 0 Å². The normalized spacial score (nSPS) is 19.8. The van der Waals surface area contributed by atoms with Gasteiger partial charge in [-0.25, -0.2) is 4.79 Å². The van der Waals surface area contributed by atoms with Crippen molar-refractivity contribution in [3.63, 3.8) is 0 Å². The molecular formula is C9H13N3O6. The second-order valence-electron chi connectivity index (χ2n) is 3.60. The molecule has 1 unspecified atom stereocenters. The van der Waals surface area contributed by atoms with Crippen molar-refractivity contribution in [1.29, 1.82) is 0 Å². The maximum Gasteiger partial charge on any atom is 0.413 e. The Balaban J connectivity index is 2.60. The molecule has 9 nitrogen and oxygen atoms in total. The SMILES string of the molecule is COC(=O)NC(=O)CN1CC(=O)NCC1C(=O)O. The number of ether oxygens (including phenoxy) is 1. The summed E-state index contributed by atoms with van der Waals surface area (Å²) in [5.74, 6) is -2.26. The van der Waals surface area contributed by atoms with Crippen molar-refractivity contribution >= 4 is 23.9 Å². The molecule has 100 valence electrons. The summed E-state index contributed by atoms with van der Waals surface area (Å²) in [5, 5.41) is 13.2. The molecule has 0 saturated carbocycles. The van der Waals surface area contributed by atoms with Crippen molar-refractivity contribution in [1.82, 2.24) is 15.5 Å². The minimum Gasteiger partial charge on any atom is -0.480 e. The lowest BCUT2D eigenvalue weighted by molar-refractivity contribution is -0.146. The molecule has 9 heteroatoms. The third-order valence-corrected chi connectivity index (χ3v) is 2.34. The van der Waals surface area contributed by atoms with E-state index >= 15 is 0 Å². The Morgan fingerprint density at radius 2 is 2.22 bits per heavy atom. The van der Waals surface area contributed by atoms with Crippen molar-refractivity contribution in [2.75, 3.05) is 26.7 Å². The first-order valence-electron chi connectivity index (χ1n) is 5.05. The second kappa shape index (κ2) is 5.96. The van der Waals surface area contributed by atoms with Crippen molar-refractivity contribution in [2.45, 2.75) is 6.04 Å². The van der Waals surface area contributed by atoms with E-state index in [0.29, 0.717) is 0 Å². The molecule has 1 rings (SSSR count). The lowest BCUT2D eigenvalue weighted by Crippen LogP contribution is -2.59. The van der Waals surface area contributed by atoms with E-state index in [1.54, 1.807) is 0 Å². The molecule has 3 N–H and O–H groups in total. The minimum atomic E-state index is -1.15. The van der Waals surface area contributed by atoms with Crippen LogP contribution < -0.4 is 10.6 Å². The average Bonchev–Trinajstić information content (AvgIpc) is 2.28. The molecule has 3 amide bonds. The topological polar surface area (TPSA) is 125 Å². The number of piperazine rings is 1. The van der Waals surface area contributed by atoms with E-state index in [1.807, 2.05) is 5.32 Å². The minimum absolute atomic E-state index is 0.0837. The molecule has 1 aliphatic heterocycles. The molecule has 0 spiro atoms. The average molecular weight is 259 g/mol. The van der Waals surface area contributed by atoms with E-state index in [0.717, 1.165) is 7.11 Å². The van der Waals surface area contributed by atoms with Gasteiger partial charge in [0.05, 0.1) is 20.2 Å². The number of aliphatic carboxylic acids is 1. The summed E-state index contributed by atoms with van der Waals surface area (Å²) < 4.78 is 4.22. The van der Waals surface area contributed by atoms with Gasteiger partial charge in [-0.2, -0.15) is 0 Å². The zero-order valence-electron chi connectivity index (χ0n) is 9.63. The van der Waals surface area contributed by atoms with Crippen LogP contribution >= 0.6 is 0 Å². The van der Waals surface area contributed by atoms with Crippen LogP contribution in [0.5, 0.6) is 0 Å². The maximum absolute atomic E-state index is 11.4. The molecular weight excluding hydrogens is 246 g/mol. The maximum atomic E-state index is 11.4. The van der Waals surface area contributed by atoms with Gasteiger partial charge in [0.1, 0.15) is 6.04 Å². The number of rotatable bonds is 3. The Hall–Kier alpha value is -2.16. The molecule has 0 aromatic heterocycles. The number of hydrogen-bond donors (Lipinski definition) is 3. The Bertz CT molecular complexity index is 382. The lowest BCUT2D eigenvalue weighted by Gasteiger charge is -2.31. The van der Waals surface area contributed by atoms with Gasteiger partial charge in [0.25, 0.3) is 0 Å². The van der Waals surface area contributed by atoms with Crippen LogP contribution in [0.2, 0.25) is 0 Å². The molecule has 1 aliphatic rings. The number of hydrogen-bond acceptors (Lipinski definition) is 6. The molecule has 1 heterocycles. The fraction of sp³-hybridized carbons (Fsp3) is 0.556. The fourth-order valence-corrected chi connectivity index (χ4v) is 1.49. The number of carbonyl (C=O) groups is 4. The number of methoxy groups -OCH3 is 1. The number of nitrogens with zero attached hydrogens (tertiary/aromatic N) is 1. The van der Waals surface area contributed by atoms with Crippen LogP contribution in [-0.4, -0.2) is 66.7 Å². The van der Waals surface area contributed by atoms with Crippen LogP contribution in [0.15, 0.2) is 0 Å². The zero-order valence-corrected chi connectivity index (χ0v) is 9.63. The van der Waals surface area contributed by atoms with E-state index in [-0.39, 0.29) is 25.5 Å². The second-order valence-corrected chi connectivity index (χ2v) is 3.60. The number of carboxylic acid groups (broad SMARTS) is 1. The number of amides is 3. The van der Waals surface area contributed by atoms with Crippen LogP contribution in [-0.2, 0) is 19.1 Å². The summed E-state index contributed by atoms with van der Waals surface area (Å²) in [6, 6.07) is -0.994. The van der Waals surface area contributed by atoms with E-state index < -0.39 is 24.0 Å². The molecule has 18 heavy (non-hydrogen) atoms. The third kappa shape index (κ3) is 3.70. The van der Waals surface area contributed by atoms with Crippen molar-refractivity contribution in [3.05, 3.63) is 0 Å². The number of carboxylic acids is 1. The molecule has 0 radical (unpaired) electrons. The summed E-state index contributed by atoms with van der Waals surface area (Å²) in [6.07, 6.45) is -0.937. The van der Waals surface area contributed by atoms with Crippen LogP contribution in [0.4, 0.5) is 4.79 Å². The monoisotopic (exact) mass is 259 g/mol. The van der Waals surface area contributed by atoms with Gasteiger partial charge in [-0.15, -0.1) is 0 Å². The number of carbonyl (C=O) groups excluding carboxylic acids is 3. The molecule has 0 aliphatic carbocycles. The summed E-state index contributed by atoms with van der Waals surface area (Å²) in [5.41, 5.74) is 0. The highest BCUT2D eigenvalue weighted by molar-refractivity contribution is 5.93. The van der Waals surface area contributed by atoms with Crippen LogP contribution in [0.3, 0.4) is 0 Å². The predicted molar refractivity (Wildman–Crippen MR) is 56.6 cm³/mol. The van der Waals surface area contributed by atoms with Gasteiger partial charge in [0.2, 0.25) is 11.8 Å². The Labute approximate surface area is 102 Å². The van der Waals surface area contributed by atoms with Crippen molar-refractivity contribution in [3.8, 4) is 0 Å². The lowest BCUT2D eigenvalue weighted by atomic mass is 10.2. The number of alkyl carbamates (subject to hydrolysis) is 1. The largest absolute Gasteiger partial charge is 0.480 e. The first-order valence-corrected chi connectivity index (χ1v) is 5.05. The zero-order chi connectivity index (χ0) is 13.7. The van der Waals surface area contributed by atoms with Gasteiger partial charge in [0, 0.05) is 6.54 Å². The first kappa shape index (κ1) is 13.9. The molecule has 0 aromatic carbocycles. The number of imide groups is 1. The number of nitrogens with one attached hydrogen (secondary N) is 2. The predicted octanol–water partition coefficient (Wildman–Crippen LogP) is -2.25. The fourth-order valence-electron chi connectivity index (χ4n) is 1.49. The Morgan fingerprint density at radius 3 is 2.78 bits per heavy atom. The Morgan fingerprint density at radius 1 is 1.56 bits per heavy atom. The van der Waals surface area contributed by atoms with Crippen LogP contribution in [0, 0.1) is 0 Å². The summed E-state index contributed by atoms with van der Waals surface area (Å²) >= 11 is 0. The van der Waals surface area contributed by atoms with Crippen molar-refractivity contribution in [2.24, 2.45) is 0 Å². The van der Waals surface area contributed by atoms with E-state index in [1.165, 1.54) is 4.90 Å². The summed E-state index contributed by atoms with van der Waals surface area (Å²) in [7, 11) is 1.09. The van der Waals surface area contributed by atoms with Gasteiger partial charge in [-0.1, -0.05) is 0 Å².